The van der Waals surface area contributed by atoms with Gasteiger partial charge in [0.25, 0.3) is 0 Å². The van der Waals surface area contributed by atoms with Gasteiger partial charge in [-0.3, -0.25) is 0 Å². The molecular formula is C17H15F3N2O2S. The minimum atomic E-state index is -4.45. The highest BCUT2D eigenvalue weighted by molar-refractivity contribution is 7.91. The van der Waals surface area contributed by atoms with Crippen LogP contribution in [0.3, 0.4) is 0 Å². The number of hydrogen-bond donors (Lipinski definition) is 0. The van der Waals surface area contributed by atoms with Crippen LogP contribution in [0.15, 0.2) is 53.7 Å². The van der Waals surface area contributed by atoms with Crippen LogP contribution >= 0.6 is 0 Å². The number of halogens is 3. The monoisotopic (exact) mass is 368 g/mol. The van der Waals surface area contributed by atoms with E-state index < -0.39 is 21.6 Å². The number of fused-ring (bicyclic) bond motifs is 1. The predicted molar refractivity (Wildman–Crippen MR) is 88.0 cm³/mol. The number of para-hydroxylation sites is 2. The predicted octanol–water partition coefficient (Wildman–Crippen LogP) is 3.90. The van der Waals surface area contributed by atoms with E-state index in [0.717, 1.165) is 12.1 Å². The molecule has 2 aromatic carbocycles. The first-order valence-electron chi connectivity index (χ1n) is 7.56. The SMILES string of the molecule is CCS(=O)(=O)c1nc2ccccc2n1Cc1cccc(C(F)(F)F)c1. The Labute approximate surface area is 142 Å². The molecule has 0 saturated heterocycles. The summed E-state index contributed by atoms with van der Waals surface area (Å²) < 4.78 is 64.9. The van der Waals surface area contributed by atoms with Crippen molar-refractivity contribution in [2.24, 2.45) is 0 Å². The van der Waals surface area contributed by atoms with E-state index in [0.29, 0.717) is 16.6 Å². The van der Waals surface area contributed by atoms with Crippen molar-refractivity contribution in [2.75, 3.05) is 5.75 Å². The van der Waals surface area contributed by atoms with Crippen LogP contribution < -0.4 is 0 Å². The summed E-state index contributed by atoms with van der Waals surface area (Å²) in [5.41, 5.74) is 0.633. The molecule has 25 heavy (non-hydrogen) atoms. The fourth-order valence-electron chi connectivity index (χ4n) is 2.60. The zero-order chi connectivity index (χ0) is 18.2. The van der Waals surface area contributed by atoms with Gasteiger partial charge in [-0.1, -0.05) is 31.2 Å². The topological polar surface area (TPSA) is 52.0 Å². The molecule has 8 heteroatoms. The highest BCUT2D eigenvalue weighted by atomic mass is 32.2. The fraction of sp³-hybridized carbons (Fsp3) is 0.235. The number of hydrogen-bond acceptors (Lipinski definition) is 3. The van der Waals surface area contributed by atoms with Gasteiger partial charge in [-0.25, -0.2) is 13.4 Å². The normalized spacial score (nSPS) is 12.6. The van der Waals surface area contributed by atoms with Crippen LogP contribution in [0.4, 0.5) is 13.2 Å². The second kappa shape index (κ2) is 6.18. The highest BCUT2D eigenvalue weighted by Gasteiger charge is 2.30. The highest BCUT2D eigenvalue weighted by Crippen LogP contribution is 2.30. The van der Waals surface area contributed by atoms with Crippen molar-refractivity contribution in [1.82, 2.24) is 9.55 Å². The zero-order valence-corrected chi connectivity index (χ0v) is 14.1. The number of sulfone groups is 1. The van der Waals surface area contributed by atoms with E-state index in [1.165, 1.54) is 23.6 Å². The molecule has 0 bridgehead atoms. The molecule has 4 nitrogen and oxygen atoms in total. The summed E-state index contributed by atoms with van der Waals surface area (Å²) in [5.74, 6) is -0.140. The molecule has 0 unspecified atom stereocenters. The first-order valence-corrected chi connectivity index (χ1v) is 9.22. The number of nitrogens with zero attached hydrogens (tertiary/aromatic N) is 2. The standard InChI is InChI=1S/C17H15F3N2O2S/c1-2-25(23,24)16-21-14-8-3-4-9-15(14)22(16)11-12-6-5-7-13(10-12)17(18,19)20/h3-10H,2,11H2,1H3. The third-order valence-corrected chi connectivity index (χ3v) is 5.50. The van der Waals surface area contributed by atoms with Crippen molar-refractivity contribution in [3.8, 4) is 0 Å². The fourth-order valence-corrected chi connectivity index (χ4v) is 3.60. The first kappa shape index (κ1) is 17.5. The summed E-state index contributed by atoms with van der Waals surface area (Å²) in [6, 6.07) is 11.7. The van der Waals surface area contributed by atoms with E-state index in [-0.39, 0.29) is 17.5 Å². The van der Waals surface area contributed by atoms with Crippen molar-refractivity contribution in [3.05, 3.63) is 59.7 Å². The molecule has 0 fully saturated rings. The van der Waals surface area contributed by atoms with Crippen LogP contribution in [-0.4, -0.2) is 23.7 Å². The second-order valence-electron chi connectivity index (χ2n) is 5.57. The Morgan fingerprint density at radius 1 is 1.08 bits per heavy atom. The Morgan fingerprint density at radius 3 is 2.48 bits per heavy atom. The molecule has 0 spiro atoms. The lowest BCUT2D eigenvalue weighted by Gasteiger charge is -2.12. The van der Waals surface area contributed by atoms with Gasteiger partial charge in [0.1, 0.15) is 0 Å². The molecule has 1 aromatic heterocycles. The molecule has 0 atom stereocenters. The number of aromatic nitrogens is 2. The Balaban J connectivity index is 2.14. The van der Waals surface area contributed by atoms with Crippen LogP contribution in [0.2, 0.25) is 0 Å². The molecule has 0 aliphatic rings. The van der Waals surface area contributed by atoms with Gasteiger partial charge in [0.15, 0.2) is 0 Å². The van der Waals surface area contributed by atoms with Gasteiger partial charge in [0, 0.05) is 0 Å². The summed E-state index contributed by atoms with van der Waals surface area (Å²) >= 11 is 0. The Bertz CT molecular complexity index is 1020. The molecule has 1 heterocycles. The third-order valence-electron chi connectivity index (χ3n) is 3.87. The van der Waals surface area contributed by atoms with E-state index in [4.69, 9.17) is 0 Å². The summed E-state index contributed by atoms with van der Waals surface area (Å²) in [4.78, 5) is 4.18. The molecule has 0 N–H and O–H groups in total. The van der Waals surface area contributed by atoms with Crippen molar-refractivity contribution >= 4 is 20.9 Å². The minimum absolute atomic E-state index is 0.0149. The summed E-state index contributed by atoms with van der Waals surface area (Å²) in [7, 11) is -3.62. The van der Waals surface area contributed by atoms with Gasteiger partial charge in [-0.15, -0.1) is 0 Å². The smallest absolute Gasteiger partial charge is 0.310 e. The molecule has 0 aliphatic heterocycles. The quantitative estimate of drug-likeness (QED) is 0.702. The van der Waals surface area contributed by atoms with Crippen LogP contribution in [0.1, 0.15) is 18.1 Å². The average Bonchev–Trinajstić information content (AvgIpc) is 2.94. The molecule has 0 aliphatic carbocycles. The molecular weight excluding hydrogens is 353 g/mol. The largest absolute Gasteiger partial charge is 0.416 e. The second-order valence-corrected chi connectivity index (χ2v) is 7.74. The lowest BCUT2D eigenvalue weighted by atomic mass is 10.1. The third kappa shape index (κ3) is 3.39. The Hall–Kier alpha value is -2.35. The van der Waals surface area contributed by atoms with Crippen LogP contribution in [-0.2, 0) is 22.6 Å². The number of imidazole rings is 1. The van der Waals surface area contributed by atoms with Gasteiger partial charge in [-0.2, -0.15) is 13.2 Å². The van der Waals surface area contributed by atoms with Gasteiger partial charge in [-0.05, 0) is 29.8 Å². The lowest BCUT2D eigenvalue weighted by molar-refractivity contribution is -0.137. The maximum Gasteiger partial charge on any atom is 0.416 e. The molecule has 3 rings (SSSR count). The number of alkyl halides is 3. The first-order chi connectivity index (χ1) is 11.7. The van der Waals surface area contributed by atoms with E-state index in [1.54, 1.807) is 24.3 Å². The van der Waals surface area contributed by atoms with Crippen LogP contribution in [0.5, 0.6) is 0 Å². The van der Waals surface area contributed by atoms with Gasteiger partial charge in [0.05, 0.1) is 28.9 Å². The summed E-state index contributed by atoms with van der Waals surface area (Å²) in [6.07, 6.45) is -4.45. The van der Waals surface area contributed by atoms with Crippen LogP contribution in [0, 0.1) is 0 Å². The van der Waals surface area contributed by atoms with Crippen molar-refractivity contribution in [1.29, 1.82) is 0 Å². The minimum Gasteiger partial charge on any atom is -0.310 e. The van der Waals surface area contributed by atoms with Crippen molar-refractivity contribution < 1.29 is 21.6 Å². The molecule has 132 valence electrons. The van der Waals surface area contributed by atoms with E-state index in [1.807, 2.05) is 0 Å². The average molecular weight is 368 g/mol. The molecule has 3 aromatic rings. The van der Waals surface area contributed by atoms with E-state index >= 15 is 0 Å². The van der Waals surface area contributed by atoms with Gasteiger partial charge >= 0.3 is 6.18 Å². The van der Waals surface area contributed by atoms with Gasteiger partial charge in [0.2, 0.25) is 15.0 Å². The lowest BCUT2D eigenvalue weighted by Crippen LogP contribution is -2.14. The number of rotatable bonds is 4. The Morgan fingerprint density at radius 2 is 1.80 bits per heavy atom. The maximum atomic E-state index is 12.9. The van der Waals surface area contributed by atoms with Crippen molar-refractivity contribution in [3.63, 3.8) is 0 Å². The maximum absolute atomic E-state index is 12.9. The zero-order valence-electron chi connectivity index (χ0n) is 13.3. The molecule has 0 radical (unpaired) electrons. The number of benzene rings is 2. The van der Waals surface area contributed by atoms with E-state index in [2.05, 4.69) is 4.98 Å². The van der Waals surface area contributed by atoms with Crippen molar-refractivity contribution in [2.45, 2.75) is 24.8 Å². The van der Waals surface area contributed by atoms with E-state index in [9.17, 15) is 21.6 Å². The van der Waals surface area contributed by atoms with Crippen LogP contribution in [0.25, 0.3) is 11.0 Å². The summed E-state index contributed by atoms with van der Waals surface area (Å²) in [5, 5.41) is -0.131. The van der Waals surface area contributed by atoms with Gasteiger partial charge < -0.3 is 4.57 Å². The molecule has 0 saturated carbocycles. The summed E-state index contributed by atoms with van der Waals surface area (Å²) in [6.45, 7) is 1.49. The Kier molecular flexibility index (Phi) is 4.32. The molecule has 0 amide bonds.